The van der Waals surface area contributed by atoms with Gasteiger partial charge in [0.15, 0.2) is 0 Å². The van der Waals surface area contributed by atoms with Crippen LogP contribution < -0.4 is 10.1 Å². The van der Waals surface area contributed by atoms with Crippen LogP contribution in [0.4, 0.5) is 5.95 Å². The third-order valence-corrected chi connectivity index (χ3v) is 3.45. The number of aryl methyl sites for hydroxylation is 1. The van der Waals surface area contributed by atoms with Gasteiger partial charge in [-0.05, 0) is 31.2 Å². The summed E-state index contributed by atoms with van der Waals surface area (Å²) in [4.78, 5) is 16.0. The molecule has 3 aromatic rings. The first-order valence-corrected chi connectivity index (χ1v) is 7.01. The molecule has 0 aliphatic carbocycles. The number of nitrogens with zero attached hydrogens (tertiary/aromatic N) is 3. The molecule has 0 unspecified atom stereocenters. The minimum atomic E-state index is -0.194. The minimum Gasteiger partial charge on any atom is -0.497 e. The van der Waals surface area contributed by atoms with Gasteiger partial charge in [0.25, 0.3) is 0 Å². The summed E-state index contributed by atoms with van der Waals surface area (Å²) in [6, 6.07) is 7.54. The van der Waals surface area contributed by atoms with Gasteiger partial charge in [0.1, 0.15) is 12.1 Å². The summed E-state index contributed by atoms with van der Waals surface area (Å²) < 4.78 is 5.16. The quantitative estimate of drug-likeness (QED) is 0.664. The Balaban J connectivity index is 1.81. The van der Waals surface area contributed by atoms with Crippen molar-refractivity contribution in [3.8, 4) is 17.0 Å². The average Bonchev–Trinajstić information content (AvgIpc) is 3.18. The maximum absolute atomic E-state index is 12.2. The van der Waals surface area contributed by atoms with Crippen LogP contribution in [0.25, 0.3) is 11.3 Å². The van der Waals surface area contributed by atoms with Gasteiger partial charge in [-0.2, -0.15) is 15.2 Å². The average molecular weight is 312 g/mol. The standard InChI is InChI=1S/C15H16N6O2/c1-9-12(7-13(22)18-15-16-8-17-21-15)14(20-19-9)10-3-5-11(23-2)6-4-10/h3-6,8H,7H2,1-2H3,(H,19,20)(H2,16,17,18,21,22). The Kier molecular flexibility index (Phi) is 4.05. The minimum absolute atomic E-state index is 0.185. The number of hydrogen-bond donors (Lipinski definition) is 3. The molecule has 3 rings (SSSR count). The number of rotatable bonds is 5. The van der Waals surface area contributed by atoms with Crippen molar-refractivity contribution >= 4 is 11.9 Å². The highest BCUT2D eigenvalue weighted by molar-refractivity contribution is 5.91. The van der Waals surface area contributed by atoms with Gasteiger partial charge in [-0.1, -0.05) is 0 Å². The number of hydrogen-bond acceptors (Lipinski definition) is 5. The number of nitrogens with one attached hydrogen (secondary N) is 3. The van der Waals surface area contributed by atoms with Gasteiger partial charge >= 0.3 is 0 Å². The molecule has 0 aliphatic rings. The van der Waals surface area contributed by atoms with Crippen molar-refractivity contribution in [1.29, 1.82) is 0 Å². The highest BCUT2D eigenvalue weighted by Crippen LogP contribution is 2.26. The van der Waals surface area contributed by atoms with E-state index >= 15 is 0 Å². The van der Waals surface area contributed by atoms with E-state index in [1.54, 1.807) is 7.11 Å². The fraction of sp³-hybridized carbons (Fsp3) is 0.200. The molecule has 1 aromatic carbocycles. The van der Waals surface area contributed by atoms with E-state index in [0.717, 1.165) is 28.3 Å². The first-order valence-electron chi connectivity index (χ1n) is 7.01. The predicted octanol–water partition coefficient (Wildman–Crippen LogP) is 1.69. The smallest absolute Gasteiger partial charge is 0.231 e. The van der Waals surface area contributed by atoms with E-state index in [-0.39, 0.29) is 12.3 Å². The van der Waals surface area contributed by atoms with E-state index in [1.165, 1.54) is 6.33 Å². The van der Waals surface area contributed by atoms with E-state index < -0.39 is 0 Å². The van der Waals surface area contributed by atoms with Crippen molar-refractivity contribution in [1.82, 2.24) is 25.4 Å². The third-order valence-electron chi connectivity index (χ3n) is 3.45. The number of methoxy groups -OCH3 is 1. The Morgan fingerprint density at radius 3 is 2.70 bits per heavy atom. The molecular formula is C15H16N6O2. The normalized spacial score (nSPS) is 10.5. The largest absolute Gasteiger partial charge is 0.497 e. The van der Waals surface area contributed by atoms with Gasteiger partial charge in [0.05, 0.1) is 19.2 Å². The summed E-state index contributed by atoms with van der Waals surface area (Å²) in [5.74, 6) is 0.897. The van der Waals surface area contributed by atoms with Crippen LogP contribution >= 0.6 is 0 Å². The van der Waals surface area contributed by atoms with Crippen LogP contribution in [0, 0.1) is 6.92 Å². The zero-order valence-electron chi connectivity index (χ0n) is 12.8. The maximum Gasteiger partial charge on any atom is 0.231 e. The summed E-state index contributed by atoms with van der Waals surface area (Å²) >= 11 is 0. The third kappa shape index (κ3) is 3.20. The molecule has 23 heavy (non-hydrogen) atoms. The van der Waals surface area contributed by atoms with Crippen molar-refractivity contribution in [3.05, 3.63) is 41.9 Å². The van der Waals surface area contributed by atoms with Crippen LogP contribution in [0.5, 0.6) is 5.75 Å². The van der Waals surface area contributed by atoms with E-state index in [1.807, 2.05) is 31.2 Å². The molecule has 8 nitrogen and oxygen atoms in total. The first kappa shape index (κ1) is 14.8. The number of amides is 1. The van der Waals surface area contributed by atoms with Crippen LogP contribution in [0.3, 0.4) is 0 Å². The Labute approximate surface area is 132 Å². The van der Waals surface area contributed by atoms with Crippen LogP contribution in [0.15, 0.2) is 30.6 Å². The van der Waals surface area contributed by atoms with Crippen LogP contribution in [0.1, 0.15) is 11.3 Å². The van der Waals surface area contributed by atoms with Gasteiger partial charge < -0.3 is 4.74 Å². The summed E-state index contributed by atoms with van der Waals surface area (Å²) in [6.07, 6.45) is 1.52. The number of benzene rings is 1. The second kappa shape index (κ2) is 6.30. The lowest BCUT2D eigenvalue weighted by Gasteiger charge is -2.05. The fourth-order valence-electron chi connectivity index (χ4n) is 2.26. The van der Waals surface area contributed by atoms with Crippen molar-refractivity contribution in [2.24, 2.45) is 0 Å². The maximum atomic E-state index is 12.2. The molecule has 1 amide bonds. The molecule has 0 saturated carbocycles. The molecule has 0 saturated heterocycles. The van der Waals surface area contributed by atoms with Crippen molar-refractivity contribution in [2.75, 3.05) is 12.4 Å². The summed E-state index contributed by atoms with van der Waals surface area (Å²) in [6.45, 7) is 1.89. The van der Waals surface area contributed by atoms with Gasteiger partial charge in [-0.3, -0.25) is 15.2 Å². The fourth-order valence-corrected chi connectivity index (χ4v) is 2.26. The summed E-state index contributed by atoms with van der Waals surface area (Å²) in [5.41, 5.74) is 3.35. The zero-order valence-corrected chi connectivity index (χ0v) is 12.8. The monoisotopic (exact) mass is 312 g/mol. The molecule has 0 fully saturated rings. The summed E-state index contributed by atoms with van der Waals surface area (Å²) in [7, 11) is 1.62. The molecule has 0 radical (unpaired) electrons. The highest BCUT2D eigenvalue weighted by atomic mass is 16.5. The zero-order chi connectivity index (χ0) is 16.2. The Bertz CT molecular complexity index is 792. The van der Waals surface area contributed by atoms with Crippen molar-refractivity contribution in [3.63, 3.8) is 0 Å². The van der Waals surface area contributed by atoms with Crippen LogP contribution in [0.2, 0.25) is 0 Å². The van der Waals surface area contributed by atoms with Gasteiger partial charge in [-0.15, -0.1) is 0 Å². The number of aromatic amines is 2. The van der Waals surface area contributed by atoms with Crippen molar-refractivity contribution < 1.29 is 9.53 Å². The van der Waals surface area contributed by atoms with E-state index in [9.17, 15) is 4.79 Å². The number of carbonyl (C=O) groups excluding carboxylic acids is 1. The lowest BCUT2D eigenvalue weighted by Crippen LogP contribution is -2.16. The van der Waals surface area contributed by atoms with Crippen molar-refractivity contribution in [2.45, 2.75) is 13.3 Å². The number of ether oxygens (including phenoxy) is 1. The molecule has 8 heteroatoms. The molecule has 0 aliphatic heterocycles. The molecule has 0 bridgehead atoms. The molecule has 3 N–H and O–H groups in total. The SMILES string of the molecule is COc1ccc(-c2n[nH]c(C)c2CC(=O)Nc2ncn[nH]2)cc1. The molecule has 118 valence electrons. The van der Waals surface area contributed by atoms with E-state index in [0.29, 0.717) is 5.95 Å². The molecular weight excluding hydrogens is 296 g/mol. The van der Waals surface area contributed by atoms with E-state index in [2.05, 4.69) is 30.7 Å². The van der Waals surface area contributed by atoms with Crippen LogP contribution in [-0.2, 0) is 11.2 Å². The van der Waals surface area contributed by atoms with Gasteiger partial charge in [-0.25, -0.2) is 5.10 Å². The van der Waals surface area contributed by atoms with Gasteiger partial charge in [0.2, 0.25) is 11.9 Å². The number of carbonyl (C=O) groups is 1. The number of aromatic nitrogens is 5. The number of H-pyrrole nitrogens is 2. The van der Waals surface area contributed by atoms with Crippen LogP contribution in [-0.4, -0.2) is 38.4 Å². The second-order valence-corrected chi connectivity index (χ2v) is 4.96. The first-order chi connectivity index (χ1) is 11.2. The van der Waals surface area contributed by atoms with Gasteiger partial charge in [0, 0.05) is 16.8 Å². The Hall–Kier alpha value is -3.16. The lowest BCUT2D eigenvalue weighted by atomic mass is 10.0. The lowest BCUT2D eigenvalue weighted by molar-refractivity contribution is -0.115. The second-order valence-electron chi connectivity index (χ2n) is 4.96. The molecule has 0 spiro atoms. The molecule has 0 atom stereocenters. The molecule has 2 heterocycles. The Morgan fingerprint density at radius 1 is 1.26 bits per heavy atom. The molecule has 2 aromatic heterocycles. The Morgan fingerprint density at radius 2 is 2.04 bits per heavy atom. The topological polar surface area (TPSA) is 109 Å². The number of anilines is 1. The predicted molar refractivity (Wildman–Crippen MR) is 84.0 cm³/mol. The van der Waals surface area contributed by atoms with E-state index in [4.69, 9.17) is 4.74 Å². The highest BCUT2D eigenvalue weighted by Gasteiger charge is 2.16. The summed E-state index contributed by atoms with van der Waals surface area (Å²) in [5, 5.41) is 16.2.